The van der Waals surface area contributed by atoms with Crippen LogP contribution >= 0.6 is 11.3 Å². The van der Waals surface area contributed by atoms with Crippen LogP contribution in [-0.4, -0.2) is 23.3 Å². The van der Waals surface area contributed by atoms with Gasteiger partial charge < -0.3 is 5.32 Å². The van der Waals surface area contributed by atoms with E-state index in [4.69, 9.17) is 0 Å². The fraction of sp³-hybridized carbons (Fsp3) is 0.421. The first-order valence-electron chi connectivity index (χ1n) is 8.78. The molecule has 1 heterocycles. The summed E-state index contributed by atoms with van der Waals surface area (Å²) in [6.07, 6.45) is 6.55. The molecule has 5 nitrogen and oxygen atoms in total. The van der Waals surface area contributed by atoms with E-state index in [-0.39, 0.29) is 18.2 Å². The Morgan fingerprint density at radius 1 is 1.12 bits per heavy atom. The lowest BCUT2D eigenvalue weighted by Gasteiger charge is -2.21. The molecule has 1 saturated carbocycles. The van der Waals surface area contributed by atoms with Crippen LogP contribution in [0.1, 0.15) is 48.2 Å². The number of hydrogen-bond acceptors (Lipinski definition) is 4. The molecule has 1 aliphatic rings. The van der Waals surface area contributed by atoms with Gasteiger partial charge in [-0.05, 0) is 30.9 Å². The lowest BCUT2D eigenvalue weighted by atomic mass is 9.89. The standard InChI is InChI=1S/C19H23N3O2S/c23-17(20-12-14-7-3-1-4-8-14)11-16-13-25-19(21-16)22-18(24)15-9-5-2-6-10-15/h2,5-6,9-10,13-14H,1,3-4,7-8,11-12H2,(H,20,23)(H,21,22,24). The number of nitrogens with one attached hydrogen (secondary N) is 2. The van der Waals surface area contributed by atoms with Gasteiger partial charge in [0.05, 0.1) is 12.1 Å². The molecule has 132 valence electrons. The first-order valence-corrected chi connectivity index (χ1v) is 9.66. The Balaban J connectivity index is 1.46. The Bertz CT molecular complexity index is 708. The molecule has 25 heavy (non-hydrogen) atoms. The summed E-state index contributed by atoms with van der Waals surface area (Å²) in [6.45, 7) is 0.764. The number of nitrogens with zero attached hydrogens (tertiary/aromatic N) is 1. The highest BCUT2D eigenvalue weighted by atomic mass is 32.1. The maximum absolute atomic E-state index is 12.1. The molecule has 0 aliphatic heterocycles. The number of aromatic nitrogens is 1. The van der Waals surface area contributed by atoms with Crippen LogP contribution in [0, 0.1) is 5.92 Å². The Morgan fingerprint density at radius 3 is 2.64 bits per heavy atom. The number of carbonyl (C=O) groups excluding carboxylic acids is 2. The molecule has 1 aliphatic carbocycles. The van der Waals surface area contributed by atoms with E-state index in [1.54, 1.807) is 12.1 Å². The van der Waals surface area contributed by atoms with Crippen molar-refractivity contribution in [2.75, 3.05) is 11.9 Å². The third kappa shape index (κ3) is 5.39. The average Bonchev–Trinajstić information content (AvgIpc) is 3.08. The second kappa shape index (κ2) is 8.76. The minimum atomic E-state index is -0.191. The number of benzene rings is 1. The predicted octanol–water partition coefficient (Wildman–Crippen LogP) is 3.63. The van der Waals surface area contributed by atoms with E-state index in [1.807, 2.05) is 23.6 Å². The van der Waals surface area contributed by atoms with Crippen molar-refractivity contribution in [2.45, 2.75) is 38.5 Å². The maximum atomic E-state index is 12.1. The van der Waals surface area contributed by atoms with Crippen molar-refractivity contribution < 1.29 is 9.59 Å². The van der Waals surface area contributed by atoms with E-state index < -0.39 is 0 Å². The van der Waals surface area contributed by atoms with Gasteiger partial charge in [-0.1, -0.05) is 37.5 Å². The van der Waals surface area contributed by atoms with Crippen LogP contribution in [0.2, 0.25) is 0 Å². The lowest BCUT2D eigenvalue weighted by molar-refractivity contribution is -0.120. The summed E-state index contributed by atoms with van der Waals surface area (Å²) >= 11 is 1.34. The van der Waals surface area contributed by atoms with Gasteiger partial charge in [-0.2, -0.15) is 0 Å². The molecule has 6 heteroatoms. The predicted molar refractivity (Wildman–Crippen MR) is 99.8 cm³/mol. The monoisotopic (exact) mass is 357 g/mol. The number of carbonyl (C=O) groups is 2. The van der Waals surface area contributed by atoms with Gasteiger partial charge in [-0.3, -0.25) is 14.9 Å². The topological polar surface area (TPSA) is 71.1 Å². The molecule has 0 unspecified atom stereocenters. The second-order valence-corrected chi connectivity index (χ2v) is 7.31. The fourth-order valence-electron chi connectivity index (χ4n) is 3.08. The molecule has 0 atom stereocenters. The number of rotatable bonds is 6. The zero-order chi connectivity index (χ0) is 17.5. The molecule has 1 aromatic carbocycles. The van der Waals surface area contributed by atoms with Crippen molar-refractivity contribution >= 4 is 28.3 Å². The molecule has 0 bridgehead atoms. The number of thiazole rings is 1. The average molecular weight is 357 g/mol. The molecule has 2 amide bonds. The number of hydrogen-bond donors (Lipinski definition) is 2. The molecular formula is C19H23N3O2S. The molecule has 0 radical (unpaired) electrons. The van der Waals surface area contributed by atoms with Crippen LogP contribution in [0.5, 0.6) is 0 Å². The van der Waals surface area contributed by atoms with Gasteiger partial charge in [0.15, 0.2) is 5.13 Å². The van der Waals surface area contributed by atoms with E-state index in [9.17, 15) is 9.59 Å². The Hall–Kier alpha value is -2.21. The van der Waals surface area contributed by atoms with E-state index in [0.29, 0.717) is 22.3 Å². The largest absolute Gasteiger partial charge is 0.355 e. The molecule has 1 fully saturated rings. The van der Waals surface area contributed by atoms with E-state index >= 15 is 0 Å². The molecule has 1 aromatic heterocycles. The van der Waals surface area contributed by atoms with Crippen LogP contribution in [0.3, 0.4) is 0 Å². The summed E-state index contributed by atoms with van der Waals surface area (Å²) < 4.78 is 0. The molecule has 3 rings (SSSR count). The molecular weight excluding hydrogens is 334 g/mol. The van der Waals surface area contributed by atoms with Crippen molar-refractivity contribution in [2.24, 2.45) is 5.92 Å². The summed E-state index contributed by atoms with van der Waals surface area (Å²) in [7, 11) is 0. The Kier molecular flexibility index (Phi) is 6.17. The van der Waals surface area contributed by atoms with Crippen molar-refractivity contribution in [3.05, 3.63) is 47.0 Å². The first kappa shape index (κ1) is 17.6. The van der Waals surface area contributed by atoms with E-state index in [0.717, 1.165) is 6.54 Å². The van der Waals surface area contributed by atoms with Gasteiger partial charge in [0.1, 0.15) is 0 Å². The normalized spacial score (nSPS) is 14.9. The highest BCUT2D eigenvalue weighted by molar-refractivity contribution is 7.14. The molecule has 2 aromatic rings. The minimum Gasteiger partial charge on any atom is -0.355 e. The molecule has 0 spiro atoms. The van der Waals surface area contributed by atoms with E-state index in [1.165, 1.54) is 43.4 Å². The zero-order valence-electron chi connectivity index (χ0n) is 14.2. The van der Waals surface area contributed by atoms with E-state index in [2.05, 4.69) is 15.6 Å². The lowest BCUT2D eigenvalue weighted by Crippen LogP contribution is -2.31. The highest BCUT2D eigenvalue weighted by Crippen LogP contribution is 2.23. The third-order valence-electron chi connectivity index (χ3n) is 4.46. The highest BCUT2D eigenvalue weighted by Gasteiger charge is 2.15. The quantitative estimate of drug-likeness (QED) is 0.829. The zero-order valence-corrected chi connectivity index (χ0v) is 15.0. The van der Waals surface area contributed by atoms with Crippen molar-refractivity contribution in [3.8, 4) is 0 Å². The van der Waals surface area contributed by atoms with Crippen LogP contribution in [0.15, 0.2) is 35.7 Å². The number of anilines is 1. The number of amides is 2. The van der Waals surface area contributed by atoms with Crippen LogP contribution < -0.4 is 10.6 Å². The summed E-state index contributed by atoms with van der Waals surface area (Å²) in [6, 6.07) is 9.01. The Labute approximate surface area is 151 Å². The fourth-order valence-corrected chi connectivity index (χ4v) is 3.79. The van der Waals surface area contributed by atoms with Gasteiger partial charge in [-0.25, -0.2) is 4.98 Å². The van der Waals surface area contributed by atoms with Crippen molar-refractivity contribution in [1.29, 1.82) is 0 Å². The SMILES string of the molecule is O=C(Cc1csc(NC(=O)c2ccccc2)n1)NCC1CCCCC1. The van der Waals surface area contributed by atoms with Crippen molar-refractivity contribution in [3.63, 3.8) is 0 Å². The minimum absolute atomic E-state index is 0.00295. The third-order valence-corrected chi connectivity index (χ3v) is 5.27. The van der Waals surface area contributed by atoms with Gasteiger partial charge in [0, 0.05) is 17.5 Å². The smallest absolute Gasteiger partial charge is 0.257 e. The summed E-state index contributed by atoms with van der Waals surface area (Å²) in [5, 5.41) is 8.13. The van der Waals surface area contributed by atoms with Gasteiger partial charge >= 0.3 is 0 Å². The first-order chi connectivity index (χ1) is 12.2. The molecule has 0 saturated heterocycles. The van der Waals surface area contributed by atoms with Crippen LogP contribution in [-0.2, 0) is 11.2 Å². The Morgan fingerprint density at radius 2 is 1.88 bits per heavy atom. The van der Waals surface area contributed by atoms with Gasteiger partial charge in [0.25, 0.3) is 5.91 Å². The van der Waals surface area contributed by atoms with Gasteiger partial charge in [-0.15, -0.1) is 11.3 Å². The summed E-state index contributed by atoms with van der Waals surface area (Å²) in [5.74, 6) is 0.425. The summed E-state index contributed by atoms with van der Waals surface area (Å²) in [4.78, 5) is 28.5. The van der Waals surface area contributed by atoms with Gasteiger partial charge in [0.2, 0.25) is 5.91 Å². The van der Waals surface area contributed by atoms with Crippen LogP contribution in [0.4, 0.5) is 5.13 Å². The second-order valence-electron chi connectivity index (χ2n) is 6.45. The molecule has 2 N–H and O–H groups in total. The summed E-state index contributed by atoms with van der Waals surface area (Å²) in [5.41, 5.74) is 1.28. The van der Waals surface area contributed by atoms with Crippen LogP contribution in [0.25, 0.3) is 0 Å². The maximum Gasteiger partial charge on any atom is 0.257 e. The van der Waals surface area contributed by atoms with Crippen molar-refractivity contribution in [1.82, 2.24) is 10.3 Å².